The van der Waals surface area contributed by atoms with E-state index in [0.29, 0.717) is 25.3 Å². The predicted octanol–water partition coefficient (Wildman–Crippen LogP) is 1.36. The van der Waals surface area contributed by atoms with Crippen molar-refractivity contribution >= 4 is 21.8 Å². The van der Waals surface area contributed by atoms with E-state index in [1.807, 2.05) is 18.2 Å². The molecule has 1 aromatic carbocycles. The molecule has 0 aliphatic heterocycles. The fourth-order valence-electron chi connectivity index (χ4n) is 1.45. The average Bonchev–Trinajstić information content (AvgIpc) is 2.40. The van der Waals surface area contributed by atoms with Crippen LogP contribution in [0.25, 0.3) is 0 Å². The fraction of sp³-hybridized carbons (Fsp3) is 0.385. The van der Waals surface area contributed by atoms with Gasteiger partial charge in [0.1, 0.15) is 5.75 Å². The number of nitrogens with one attached hydrogen (secondary N) is 1. The van der Waals surface area contributed by atoms with Crippen molar-refractivity contribution < 1.29 is 9.53 Å². The Hall–Kier alpha value is -1.58. The predicted molar refractivity (Wildman–Crippen MR) is 75.6 cm³/mol. The first-order chi connectivity index (χ1) is 9.17. The Morgan fingerprint density at radius 2 is 2.32 bits per heavy atom. The van der Waals surface area contributed by atoms with Crippen LogP contribution in [0.5, 0.6) is 5.75 Å². The first-order valence-corrected chi connectivity index (χ1v) is 6.71. The Balaban J connectivity index is 2.47. The van der Waals surface area contributed by atoms with Crippen LogP contribution in [-0.2, 0) is 11.2 Å². The van der Waals surface area contributed by atoms with Crippen molar-refractivity contribution in [1.82, 2.24) is 5.32 Å². The number of halogens is 1. The number of hydrogen-bond acceptors (Lipinski definition) is 4. The highest BCUT2D eigenvalue weighted by molar-refractivity contribution is 9.10. The molecule has 0 heterocycles. The van der Waals surface area contributed by atoms with Crippen molar-refractivity contribution in [2.24, 2.45) is 5.73 Å². The Labute approximate surface area is 120 Å². The lowest BCUT2D eigenvalue weighted by Crippen LogP contribution is -2.29. The van der Waals surface area contributed by atoms with Gasteiger partial charge in [0.2, 0.25) is 0 Å². The van der Waals surface area contributed by atoms with Crippen LogP contribution in [0.1, 0.15) is 12.0 Å². The maximum Gasteiger partial charge on any atom is 0.257 e. The van der Waals surface area contributed by atoms with Gasteiger partial charge in [0, 0.05) is 11.0 Å². The van der Waals surface area contributed by atoms with Crippen molar-refractivity contribution in [3.8, 4) is 11.8 Å². The van der Waals surface area contributed by atoms with Crippen LogP contribution in [0.15, 0.2) is 22.7 Å². The molecule has 3 N–H and O–H groups in total. The van der Waals surface area contributed by atoms with Gasteiger partial charge in [-0.3, -0.25) is 4.79 Å². The molecular weight excluding hydrogens is 310 g/mol. The fourth-order valence-corrected chi connectivity index (χ4v) is 1.89. The molecule has 0 atom stereocenters. The zero-order valence-electron chi connectivity index (χ0n) is 10.5. The van der Waals surface area contributed by atoms with Gasteiger partial charge in [0.25, 0.3) is 5.91 Å². The maximum absolute atomic E-state index is 11.4. The van der Waals surface area contributed by atoms with Gasteiger partial charge < -0.3 is 15.8 Å². The van der Waals surface area contributed by atoms with Gasteiger partial charge in [0.05, 0.1) is 12.5 Å². The molecule has 6 heteroatoms. The molecule has 5 nitrogen and oxygen atoms in total. The lowest BCUT2D eigenvalue weighted by atomic mass is 10.1. The summed E-state index contributed by atoms with van der Waals surface area (Å²) in [6.07, 6.45) is 1.04. The van der Waals surface area contributed by atoms with Gasteiger partial charge >= 0.3 is 0 Å². The minimum absolute atomic E-state index is 0.0604. The molecule has 0 saturated heterocycles. The van der Waals surface area contributed by atoms with Crippen molar-refractivity contribution in [2.45, 2.75) is 12.8 Å². The van der Waals surface area contributed by atoms with Crippen LogP contribution in [0.3, 0.4) is 0 Å². The number of benzene rings is 1. The molecule has 0 aliphatic rings. The summed E-state index contributed by atoms with van der Waals surface area (Å²) in [4.78, 5) is 11.4. The molecule has 0 bridgehead atoms. The van der Waals surface area contributed by atoms with Gasteiger partial charge in [-0.2, -0.15) is 5.26 Å². The number of hydrogen-bond donors (Lipinski definition) is 2. The minimum Gasteiger partial charge on any atom is -0.484 e. The molecule has 0 aromatic heterocycles. The number of nitriles is 1. The third-order valence-corrected chi connectivity index (χ3v) is 3.13. The average molecular weight is 326 g/mol. The lowest BCUT2D eigenvalue weighted by Gasteiger charge is -2.09. The van der Waals surface area contributed by atoms with E-state index >= 15 is 0 Å². The third kappa shape index (κ3) is 5.73. The molecule has 0 radical (unpaired) electrons. The number of carbonyl (C=O) groups excluding carboxylic acids is 1. The minimum atomic E-state index is -0.237. The van der Waals surface area contributed by atoms with E-state index in [-0.39, 0.29) is 12.5 Å². The SMILES string of the molecule is N#CCCNC(=O)COc1ccc(Br)c(CCN)c1. The molecule has 102 valence electrons. The van der Waals surface area contributed by atoms with Crippen LogP contribution in [0.4, 0.5) is 0 Å². The Bertz CT molecular complexity index is 471. The van der Waals surface area contributed by atoms with Crippen LogP contribution >= 0.6 is 15.9 Å². The molecule has 0 aliphatic carbocycles. The zero-order chi connectivity index (χ0) is 14.1. The monoisotopic (exact) mass is 325 g/mol. The van der Waals surface area contributed by atoms with Crippen molar-refractivity contribution in [3.05, 3.63) is 28.2 Å². The number of ether oxygens (including phenoxy) is 1. The number of rotatable bonds is 7. The molecule has 19 heavy (non-hydrogen) atoms. The molecule has 1 amide bonds. The standard InChI is InChI=1S/C13H16BrN3O2/c14-12-3-2-11(8-10(12)4-6-16)19-9-13(18)17-7-1-5-15/h2-3,8H,1,4,6-7,9,16H2,(H,17,18). The van der Waals surface area contributed by atoms with E-state index in [4.69, 9.17) is 15.7 Å². The summed E-state index contributed by atoms with van der Waals surface area (Å²) >= 11 is 3.43. The quantitative estimate of drug-likeness (QED) is 0.741. The van der Waals surface area contributed by atoms with Gasteiger partial charge in [-0.15, -0.1) is 0 Å². The molecule has 0 saturated carbocycles. The highest BCUT2D eigenvalue weighted by Gasteiger charge is 2.05. The Kier molecular flexibility index (Phi) is 6.93. The maximum atomic E-state index is 11.4. The summed E-state index contributed by atoms with van der Waals surface area (Å²) in [5.41, 5.74) is 6.56. The summed E-state index contributed by atoms with van der Waals surface area (Å²) in [5, 5.41) is 10.9. The van der Waals surface area contributed by atoms with E-state index in [1.165, 1.54) is 0 Å². The second-order valence-electron chi connectivity index (χ2n) is 3.84. The molecule has 0 unspecified atom stereocenters. The number of amides is 1. The van der Waals surface area contributed by atoms with Crippen molar-refractivity contribution in [3.63, 3.8) is 0 Å². The summed E-state index contributed by atoms with van der Waals surface area (Å²) in [5.74, 6) is 0.389. The Morgan fingerprint density at radius 1 is 1.53 bits per heavy atom. The molecule has 0 fully saturated rings. The summed E-state index contributed by atoms with van der Waals surface area (Å²) in [7, 11) is 0. The molecule has 0 spiro atoms. The van der Waals surface area contributed by atoms with Crippen LogP contribution in [0, 0.1) is 11.3 Å². The summed E-state index contributed by atoms with van der Waals surface area (Å²) in [6.45, 7) is 0.837. The highest BCUT2D eigenvalue weighted by Crippen LogP contribution is 2.22. The second-order valence-corrected chi connectivity index (χ2v) is 4.69. The van der Waals surface area contributed by atoms with Crippen molar-refractivity contribution in [2.75, 3.05) is 19.7 Å². The smallest absolute Gasteiger partial charge is 0.257 e. The van der Waals surface area contributed by atoms with E-state index in [9.17, 15) is 4.79 Å². The first kappa shape index (κ1) is 15.5. The highest BCUT2D eigenvalue weighted by atomic mass is 79.9. The van der Waals surface area contributed by atoms with Gasteiger partial charge in [-0.25, -0.2) is 0 Å². The lowest BCUT2D eigenvalue weighted by molar-refractivity contribution is -0.123. The molecular formula is C13H16BrN3O2. The summed E-state index contributed by atoms with van der Waals surface area (Å²) < 4.78 is 6.36. The largest absolute Gasteiger partial charge is 0.484 e. The van der Waals surface area contributed by atoms with Crippen molar-refractivity contribution in [1.29, 1.82) is 5.26 Å². The van der Waals surface area contributed by atoms with E-state index in [1.54, 1.807) is 6.07 Å². The molecule has 1 aromatic rings. The number of nitrogens with zero attached hydrogens (tertiary/aromatic N) is 1. The third-order valence-electron chi connectivity index (χ3n) is 2.36. The number of nitrogens with two attached hydrogens (primary N) is 1. The van der Waals surface area contributed by atoms with Gasteiger partial charge in [-0.1, -0.05) is 15.9 Å². The summed E-state index contributed by atoms with van der Waals surface area (Å²) in [6, 6.07) is 7.47. The van der Waals surface area contributed by atoms with E-state index < -0.39 is 0 Å². The topological polar surface area (TPSA) is 88.1 Å². The van der Waals surface area contributed by atoms with Gasteiger partial charge in [-0.05, 0) is 36.7 Å². The van der Waals surface area contributed by atoms with Crippen LogP contribution < -0.4 is 15.8 Å². The van der Waals surface area contributed by atoms with Crippen LogP contribution in [0.2, 0.25) is 0 Å². The molecule has 1 rings (SSSR count). The van der Waals surface area contributed by atoms with Crippen LogP contribution in [-0.4, -0.2) is 25.6 Å². The normalized spacial score (nSPS) is 9.74. The first-order valence-electron chi connectivity index (χ1n) is 5.92. The van der Waals surface area contributed by atoms with Gasteiger partial charge in [0.15, 0.2) is 6.61 Å². The Morgan fingerprint density at radius 3 is 3.00 bits per heavy atom. The van der Waals surface area contributed by atoms with E-state index in [0.717, 1.165) is 16.5 Å². The second kappa shape index (κ2) is 8.51. The number of carbonyl (C=O) groups is 1. The van der Waals surface area contributed by atoms with E-state index in [2.05, 4.69) is 21.2 Å². The zero-order valence-corrected chi connectivity index (χ0v) is 12.1.